The van der Waals surface area contributed by atoms with Gasteiger partial charge in [0, 0.05) is 39.6 Å². The second-order valence-electron chi connectivity index (χ2n) is 0. The van der Waals surface area contributed by atoms with Crippen molar-refractivity contribution in [2.45, 2.75) is 0 Å². The summed E-state index contributed by atoms with van der Waals surface area (Å²) in [4.78, 5) is 0. The van der Waals surface area contributed by atoms with Gasteiger partial charge < -0.3 is 5.50 Å². The second kappa shape index (κ2) is 22.6. The van der Waals surface area contributed by atoms with E-state index >= 15 is 0 Å². The van der Waals surface area contributed by atoms with Gasteiger partial charge >= 0.3 is 0 Å². The minimum absolute atomic E-state index is 0. The Morgan fingerprint density at radius 3 is 1.25 bits per heavy atom. The average Bonchev–Trinajstić information content (AvgIpc) is 1.00. The fourth-order valence-corrected chi connectivity index (χ4v) is 0. The molecule has 0 aliphatic rings. The summed E-state index contributed by atoms with van der Waals surface area (Å²) in [6.07, 6.45) is 0. The molecule has 0 bridgehead atoms. The van der Waals surface area contributed by atoms with Crippen LogP contribution in [-0.2, 0) is 39.6 Å². The molecule has 0 heterocycles. The van der Waals surface area contributed by atoms with Gasteiger partial charge in [0.25, 0.3) is 0 Å². The molecule has 0 saturated heterocycles. The molecule has 4 heteroatoms. The Morgan fingerprint density at radius 2 is 1.25 bits per heavy atom. The first kappa shape index (κ1) is 17.4. The van der Waals surface area contributed by atoms with E-state index in [0.29, 0.717) is 0 Å². The first-order valence-electron chi connectivity index (χ1n) is 0.289. The molecule has 25 valence electrons. The summed E-state index contributed by atoms with van der Waals surface area (Å²) in [7, 11) is 1.67. The normalized spacial score (nSPS) is 1.50. The molecule has 1 unspecified atom stereocenters. The predicted octanol–water partition coefficient (Wildman–Crippen LogP) is 0.824. The van der Waals surface area contributed by atoms with Gasteiger partial charge in [0.15, 0.2) is 0 Å². The molecule has 1 radical (unpaired) electrons. The summed E-state index contributed by atoms with van der Waals surface area (Å²) in [5.41, 5.74) is 5.67. The molecule has 0 spiro atoms. The van der Waals surface area contributed by atoms with Crippen LogP contribution >= 0.6 is 9.39 Å². The van der Waals surface area contributed by atoms with Crippen LogP contribution < -0.4 is 0 Å². The van der Waals surface area contributed by atoms with Crippen molar-refractivity contribution < 1.29 is 39.6 Å². The van der Waals surface area contributed by atoms with Crippen LogP contribution in [0.4, 0.5) is 0 Å². The first-order chi connectivity index (χ1) is 1.00. The summed E-state index contributed by atoms with van der Waals surface area (Å²) in [6, 6.07) is 0. The van der Waals surface area contributed by atoms with Crippen molar-refractivity contribution >= 4 is 9.39 Å². The molecule has 0 aromatic heterocycles. The third-order valence-corrected chi connectivity index (χ3v) is 0. The van der Waals surface area contributed by atoms with Gasteiger partial charge in [0.05, 0.1) is 0 Å². The van der Waals surface area contributed by atoms with Gasteiger partial charge in [0.2, 0.25) is 0 Å². The molecule has 1 atom stereocenters. The summed E-state index contributed by atoms with van der Waals surface area (Å²) >= 11 is 0. The van der Waals surface area contributed by atoms with Crippen molar-refractivity contribution in [3.05, 3.63) is 5.50 Å². The van der Waals surface area contributed by atoms with E-state index in [0.717, 1.165) is 0 Å². The molecule has 0 amide bonds. The second-order valence-corrected chi connectivity index (χ2v) is 0. The van der Waals surface area contributed by atoms with Crippen LogP contribution in [0, 0.1) is 0 Å². The van der Waals surface area contributed by atoms with Crippen molar-refractivity contribution in [2.75, 3.05) is 0 Å². The Morgan fingerprint density at radius 1 is 1.25 bits per heavy atom. The van der Waals surface area contributed by atoms with Gasteiger partial charge in [-0.05, 0) is 0 Å². The van der Waals surface area contributed by atoms with E-state index in [4.69, 9.17) is 5.50 Å². The van der Waals surface area contributed by atoms with Crippen LogP contribution in [0.1, 0.15) is 0 Å². The minimum atomic E-state index is 0. The van der Waals surface area contributed by atoms with Crippen LogP contribution in [0.2, 0.25) is 0 Å². The van der Waals surface area contributed by atoms with E-state index < -0.39 is 0 Å². The minimum Gasteiger partial charge on any atom is -0.657 e. The zero-order valence-electron chi connectivity index (χ0n) is 1.93. The summed E-state index contributed by atoms with van der Waals surface area (Å²) in [6.45, 7) is 0. The Bertz CT molecular complexity index is 8.00. The molecule has 0 rings (SSSR count). The summed E-state index contributed by atoms with van der Waals surface area (Å²) in [5.74, 6) is 0. The van der Waals surface area contributed by atoms with Crippen LogP contribution in [0.3, 0.4) is 0 Å². The predicted molar refractivity (Wildman–Crippen MR) is 14.0 cm³/mol. The molecule has 0 aliphatic carbocycles. The van der Waals surface area contributed by atoms with Gasteiger partial charge in [0.1, 0.15) is 0 Å². The Balaban J connectivity index is -0.00000000500. The molecule has 4 heavy (non-hydrogen) atoms. The Hall–Kier alpha value is 1.66. The number of hydrogen-bond acceptors (Lipinski definition) is 0. The van der Waals surface area contributed by atoms with E-state index in [-0.39, 0.29) is 39.6 Å². The van der Waals surface area contributed by atoms with E-state index in [1.54, 1.807) is 9.39 Å². The average molecular weight is 195 g/mol. The number of rotatable bonds is 0. The van der Waals surface area contributed by atoms with Gasteiger partial charge in [-0.2, -0.15) is 0 Å². The number of hydrogen-bond donors (Lipinski definition) is 0. The fraction of sp³-hybridized carbons (Fsp3) is 0. The maximum atomic E-state index is 5.67. The van der Waals surface area contributed by atoms with Gasteiger partial charge in [-0.3, -0.25) is 9.39 Å². The molecule has 0 aromatic carbocycles. The molecule has 0 saturated carbocycles. The van der Waals surface area contributed by atoms with Crippen molar-refractivity contribution in [3.63, 3.8) is 0 Å². The smallest absolute Gasteiger partial charge is 0 e. The first-order valence-corrected chi connectivity index (χ1v) is 0.866. The monoisotopic (exact) mass is 197 g/mol. The van der Waals surface area contributed by atoms with Crippen LogP contribution in [-0.4, -0.2) is 0 Å². The molecule has 1 nitrogen and oxygen atoms in total. The van der Waals surface area contributed by atoms with Crippen LogP contribution in [0.25, 0.3) is 5.50 Å². The maximum Gasteiger partial charge on any atom is 0 e. The molecule has 0 aliphatic heterocycles. The largest absolute Gasteiger partial charge is 0.657 e. The maximum absolute atomic E-state index is 5.67. The zero-order valence-corrected chi connectivity index (χ0v) is 6.49. The summed E-state index contributed by atoms with van der Waals surface area (Å²) < 4.78 is 0. The van der Waals surface area contributed by atoms with E-state index in [1.807, 2.05) is 0 Å². The van der Waals surface area contributed by atoms with Crippen LogP contribution in [0.15, 0.2) is 0 Å². The third-order valence-electron chi connectivity index (χ3n) is 0. The van der Waals surface area contributed by atoms with Crippen molar-refractivity contribution in [2.24, 2.45) is 0 Å². The van der Waals surface area contributed by atoms with E-state index in [9.17, 15) is 0 Å². The molecular formula is H3MoNPV-. The molecule has 1 N–H and O–H groups in total. The Kier molecular flexibility index (Phi) is 98.2. The van der Waals surface area contributed by atoms with Crippen molar-refractivity contribution in [1.82, 2.24) is 0 Å². The Labute approximate surface area is 54.5 Å². The topological polar surface area (TPSA) is 23.8 Å². The van der Waals surface area contributed by atoms with Gasteiger partial charge in [-0.1, -0.05) is 0 Å². The van der Waals surface area contributed by atoms with Crippen LogP contribution in [0.5, 0.6) is 0 Å². The fourth-order valence-electron chi connectivity index (χ4n) is 0. The molecular weight excluding hydrogens is 192 g/mol. The SMILES string of the molecule is [Mo].[NH-]P.[V]. The quantitative estimate of drug-likeness (QED) is 0.403. The zero-order chi connectivity index (χ0) is 2.00. The van der Waals surface area contributed by atoms with Gasteiger partial charge in [-0.25, -0.2) is 0 Å². The number of nitrogens with one attached hydrogen (secondary N) is 1. The van der Waals surface area contributed by atoms with Gasteiger partial charge in [-0.15, -0.1) is 0 Å². The van der Waals surface area contributed by atoms with E-state index in [1.165, 1.54) is 0 Å². The van der Waals surface area contributed by atoms with Crippen molar-refractivity contribution in [1.29, 1.82) is 0 Å². The van der Waals surface area contributed by atoms with E-state index in [2.05, 4.69) is 0 Å². The molecule has 0 aromatic rings. The third kappa shape index (κ3) is 9.39. The molecule has 0 fully saturated rings. The van der Waals surface area contributed by atoms with Crippen molar-refractivity contribution in [3.8, 4) is 0 Å². The standard InChI is InChI=1S/Mo.H3NP.V/c;1-2;/h;1H,2H2;/q;-1;. The summed E-state index contributed by atoms with van der Waals surface area (Å²) in [5, 5.41) is 0.